The van der Waals surface area contributed by atoms with E-state index in [-0.39, 0.29) is 16.9 Å². The molecule has 0 spiro atoms. The molecule has 0 unspecified atom stereocenters. The Bertz CT molecular complexity index is 891. The lowest BCUT2D eigenvalue weighted by atomic mass is 10.1. The average Bonchev–Trinajstić information content (AvgIpc) is 3.06. The Balaban J connectivity index is 1.91. The van der Waals surface area contributed by atoms with Crippen LogP contribution in [0.3, 0.4) is 0 Å². The lowest BCUT2D eigenvalue weighted by molar-refractivity contribution is 0.0944. The molecule has 0 saturated carbocycles. The number of halogens is 1. The number of rotatable bonds is 3. The van der Waals surface area contributed by atoms with Gasteiger partial charge in [0.15, 0.2) is 5.78 Å². The largest absolute Gasteiger partial charge is 0.507 e. The van der Waals surface area contributed by atoms with Crippen molar-refractivity contribution in [2.45, 2.75) is 0 Å². The smallest absolute Gasteiger partial charge is 0.279 e. The number of hydrogen-bond donors (Lipinski definition) is 1. The summed E-state index contributed by atoms with van der Waals surface area (Å²) < 4.78 is 1.05. The molecule has 3 aromatic rings. The molecule has 1 aromatic carbocycles. The van der Waals surface area contributed by atoms with E-state index in [1.165, 1.54) is 36.8 Å². The van der Waals surface area contributed by atoms with Crippen LogP contribution in [-0.4, -0.2) is 31.6 Å². The van der Waals surface area contributed by atoms with E-state index < -0.39 is 11.7 Å². The fourth-order valence-electron chi connectivity index (χ4n) is 2.02. The SMILES string of the molecule is O=C(c1cnn(C(=O)c2cccnc2)c1)c1cc(Cl)ccc1O. The summed E-state index contributed by atoms with van der Waals surface area (Å²) >= 11 is 5.84. The second kappa shape index (κ2) is 6.02. The molecule has 23 heavy (non-hydrogen) atoms. The summed E-state index contributed by atoms with van der Waals surface area (Å²) in [6, 6.07) is 7.40. The van der Waals surface area contributed by atoms with E-state index in [0.717, 1.165) is 4.68 Å². The lowest BCUT2D eigenvalue weighted by Crippen LogP contribution is -2.12. The zero-order chi connectivity index (χ0) is 16.4. The van der Waals surface area contributed by atoms with Gasteiger partial charge in [-0.3, -0.25) is 14.6 Å². The summed E-state index contributed by atoms with van der Waals surface area (Å²) in [6.07, 6.45) is 5.53. The first-order valence-electron chi connectivity index (χ1n) is 6.59. The van der Waals surface area contributed by atoms with Crippen molar-refractivity contribution in [1.82, 2.24) is 14.8 Å². The van der Waals surface area contributed by atoms with Crippen molar-refractivity contribution in [3.05, 3.63) is 76.8 Å². The predicted octanol–water partition coefficient (Wildman–Crippen LogP) is 2.56. The Kier molecular flexibility index (Phi) is 3.91. The van der Waals surface area contributed by atoms with Gasteiger partial charge in [0, 0.05) is 23.6 Å². The second-order valence-electron chi connectivity index (χ2n) is 4.71. The third-order valence-electron chi connectivity index (χ3n) is 3.16. The van der Waals surface area contributed by atoms with Gasteiger partial charge in [0.05, 0.1) is 22.9 Å². The van der Waals surface area contributed by atoms with E-state index in [4.69, 9.17) is 11.6 Å². The van der Waals surface area contributed by atoms with Crippen LogP contribution >= 0.6 is 11.6 Å². The molecule has 0 radical (unpaired) electrons. The van der Waals surface area contributed by atoms with Crippen LogP contribution in [0.25, 0.3) is 0 Å². The van der Waals surface area contributed by atoms with Crippen LogP contribution in [-0.2, 0) is 0 Å². The third kappa shape index (κ3) is 2.97. The van der Waals surface area contributed by atoms with Gasteiger partial charge in [0.25, 0.3) is 5.91 Å². The van der Waals surface area contributed by atoms with Crippen molar-refractivity contribution in [2.24, 2.45) is 0 Å². The van der Waals surface area contributed by atoms with Crippen molar-refractivity contribution in [1.29, 1.82) is 0 Å². The number of hydrogen-bond acceptors (Lipinski definition) is 5. The molecule has 0 amide bonds. The Morgan fingerprint density at radius 1 is 1.13 bits per heavy atom. The topological polar surface area (TPSA) is 85.1 Å². The average molecular weight is 328 g/mol. The first-order valence-corrected chi connectivity index (χ1v) is 6.96. The maximum Gasteiger partial charge on any atom is 0.279 e. The molecule has 0 atom stereocenters. The molecule has 3 rings (SSSR count). The zero-order valence-electron chi connectivity index (χ0n) is 11.7. The van der Waals surface area contributed by atoms with Gasteiger partial charge in [-0.25, -0.2) is 4.68 Å². The van der Waals surface area contributed by atoms with Gasteiger partial charge in [0.2, 0.25) is 0 Å². The molecule has 114 valence electrons. The number of phenols is 1. The molecule has 0 aliphatic carbocycles. The molecule has 2 heterocycles. The van der Waals surface area contributed by atoms with E-state index in [2.05, 4.69) is 10.1 Å². The van der Waals surface area contributed by atoms with Gasteiger partial charge < -0.3 is 5.11 Å². The monoisotopic (exact) mass is 327 g/mol. The first-order chi connectivity index (χ1) is 11.1. The van der Waals surface area contributed by atoms with Gasteiger partial charge in [0.1, 0.15) is 5.75 Å². The molecule has 0 saturated heterocycles. The summed E-state index contributed by atoms with van der Waals surface area (Å²) in [4.78, 5) is 28.5. The van der Waals surface area contributed by atoms with Gasteiger partial charge >= 0.3 is 0 Å². The van der Waals surface area contributed by atoms with Crippen LogP contribution in [0.5, 0.6) is 5.75 Å². The zero-order valence-corrected chi connectivity index (χ0v) is 12.4. The van der Waals surface area contributed by atoms with E-state index in [9.17, 15) is 14.7 Å². The molecule has 0 fully saturated rings. The number of aromatic hydroxyl groups is 1. The van der Waals surface area contributed by atoms with E-state index in [1.54, 1.807) is 18.3 Å². The third-order valence-corrected chi connectivity index (χ3v) is 3.40. The molecule has 6 nitrogen and oxygen atoms in total. The van der Waals surface area contributed by atoms with Crippen molar-refractivity contribution in [3.63, 3.8) is 0 Å². The molecule has 0 aliphatic rings. The predicted molar refractivity (Wildman–Crippen MR) is 82.7 cm³/mol. The molecular formula is C16H10ClN3O3. The summed E-state index contributed by atoms with van der Waals surface area (Å²) in [5.41, 5.74) is 0.561. The number of ketones is 1. The van der Waals surface area contributed by atoms with Gasteiger partial charge in [-0.2, -0.15) is 5.10 Å². The quantitative estimate of drug-likeness (QED) is 0.747. The fourth-order valence-corrected chi connectivity index (χ4v) is 2.19. The van der Waals surface area contributed by atoms with Crippen molar-refractivity contribution < 1.29 is 14.7 Å². The second-order valence-corrected chi connectivity index (χ2v) is 5.15. The van der Waals surface area contributed by atoms with E-state index >= 15 is 0 Å². The van der Waals surface area contributed by atoms with Crippen LogP contribution < -0.4 is 0 Å². The number of aromatic nitrogens is 3. The van der Waals surface area contributed by atoms with Crippen LogP contribution in [0.2, 0.25) is 5.02 Å². The molecule has 0 bridgehead atoms. The van der Waals surface area contributed by atoms with E-state index in [0.29, 0.717) is 10.6 Å². The number of benzene rings is 1. The number of carbonyl (C=O) groups is 2. The minimum atomic E-state index is -0.477. The normalized spacial score (nSPS) is 10.5. The maximum absolute atomic E-state index is 12.4. The van der Waals surface area contributed by atoms with Crippen molar-refractivity contribution in [3.8, 4) is 5.75 Å². The Hall–Kier alpha value is -2.99. The summed E-state index contributed by atoms with van der Waals surface area (Å²) in [6.45, 7) is 0. The van der Waals surface area contributed by atoms with Crippen LogP contribution in [0, 0.1) is 0 Å². The molecule has 2 aromatic heterocycles. The number of carbonyl (C=O) groups excluding carboxylic acids is 2. The first kappa shape index (κ1) is 14.9. The Morgan fingerprint density at radius 3 is 2.70 bits per heavy atom. The minimum absolute atomic E-state index is 0.0471. The van der Waals surface area contributed by atoms with Crippen LogP contribution in [0.15, 0.2) is 55.1 Å². The highest BCUT2D eigenvalue weighted by Gasteiger charge is 2.18. The highest BCUT2D eigenvalue weighted by atomic mass is 35.5. The van der Waals surface area contributed by atoms with Crippen molar-refractivity contribution in [2.75, 3.05) is 0 Å². The van der Waals surface area contributed by atoms with Gasteiger partial charge in [-0.15, -0.1) is 0 Å². The van der Waals surface area contributed by atoms with Crippen LogP contribution in [0.4, 0.5) is 0 Å². The Morgan fingerprint density at radius 2 is 1.96 bits per heavy atom. The van der Waals surface area contributed by atoms with Crippen LogP contribution in [0.1, 0.15) is 26.3 Å². The highest BCUT2D eigenvalue weighted by molar-refractivity contribution is 6.31. The number of pyridine rings is 1. The summed E-state index contributed by atoms with van der Waals surface area (Å²) in [5, 5.41) is 14.0. The number of nitrogens with zero attached hydrogens (tertiary/aromatic N) is 3. The minimum Gasteiger partial charge on any atom is -0.507 e. The molecule has 1 N–H and O–H groups in total. The summed E-state index contributed by atoms with van der Waals surface area (Å²) in [7, 11) is 0. The van der Waals surface area contributed by atoms with Crippen molar-refractivity contribution >= 4 is 23.3 Å². The van der Waals surface area contributed by atoms with Gasteiger partial charge in [-0.05, 0) is 30.3 Å². The fraction of sp³-hybridized carbons (Fsp3) is 0. The van der Waals surface area contributed by atoms with E-state index in [1.807, 2.05) is 0 Å². The molecule has 0 aliphatic heterocycles. The molecule has 7 heteroatoms. The highest BCUT2D eigenvalue weighted by Crippen LogP contribution is 2.24. The van der Waals surface area contributed by atoms with Gasteiger partial charge in [-0.1, -0.05) is 11.6 Å². The Labute approximate surface area is 136 Å². The molecular weight excluding hydrogens is 318 g/mol. The number of phenolic OH excluding ortho intramolecular Hbond substituents is 1. The summed E-state index contributed by atoms with van der Waals surface area (Å²) in [5.74, 6) is -1.08. The maximum atomic E-state index is 12.4. The lowest BCUT2D eigenvalue weighted by Gasteiger charge is -2.02. The standard InChI is InChI=1S/C16H10ClN3O3/c17-12-3-4-14(21)13(6-12)15(22)11-8-19-20(9-11)16(23)10-2-1-5-18-7-10/h1-9,21H.